The lowest BCUT2D eigenvalue weighted by atomic mass is 9.84. The number of unbranched alkanes of at least 4 members (excludes halogenated alkanes) is 5. The molecule has 0 rings (SSSR count). The first-order valence-corrected chi connectivity index (χ1v) is 6.36. The molecule has 1 unspecified atom stereocenters. The van der Waals surface area contributed by atoms with Crippen molar-refractivity contribution in [3.05, 3.63) is 12.7 Å². The van der Waals surface area contributed by atoms with Gasteiger partial charge in [-0.2, -0.15) is 0 Å². The molecule has 0 spiro atoms. The lowest BCUT2D eigenvalue weighted by molar-refractivity contribution is 0.0715. The standard InChI is InChI=1S/C14H28O/c1-5-7-8-9-10-11-12-13(15)14(3,4)6-2/h6,13,15H,2,5,7-12H2,1,3-4H3. The van der Waals surface area contributed by atoms with Gasteiger partial charge in [-0.05, 0) is 6.42 Å². The van der Waals surface area contributed by atoms with Crippen molar-refractivity contribution < 1.29 is 5.11 Å². The van der Waals surface area contributed by atoms with Crippen molar-refractivity contribution in [2.24, 2.45) is 5.41 Å². The Morgan fingerprint density at radius 2 is 1.67 bits per heavy atom. The maximum absolute atomic E-state index is 9.91. The molecule has 1 nitrogen and oxygen atoms in total. The van der Waals surface area contributed by atoms with Crippen molar-refractivity contribution >= 4 is 0 Å². The summed E-state index contributed by atoms with van der Waals surface area (Å²) in [6.45, 7) is 10.1. The summed E-state index contributed by atoms with van der Waals surface area (Å²) >= 11 is 0. The summed E-state index contributed by atoms with van der Waals surface area (Å²) in [7, 11) is 0. The first-order chi connectivity index (χ1) is 7.04. The van der Waals surface area contributed by atoms with E-state index < -0.39 is 0 Å². The quantitative estimate of drug-likeness (QED) is 0.446. The second kappa shape index (κ2) is 7.92. The fourth-order valence-electron chi connectivity index (χ4n) is 1.63. The minimum Gasteiger partial charge on any atom is -0.392 e. The van der Waals surface area contributed by atoms with Crippen LogP contribution in [-0.2, 0) is 0 Å². The zero-order chi connectivity index (χ0) is 11.7. The molecule has 0 aromatic carbocycles. The van der Waals surface area contributed by atoms with E-state index in [4.69, 9.17) is 0 Å². The monoisotopic (exact) mass is 212 g/mol. The van der Waals surface area contributed by atoms with Crippen LogP contribution in [-0.4, -0.2) is 11.2 Å². The van der Waals surface area contributed by atoms with Gasteiger partial charge in [0.25, 0.3) is 0 Å². The fourth-order valence-corrected chi connectivity index (χ4v) is 1.63. The van der Waals surface area contributed by atoms with Gasteiger partial charge < -0.3 is 5.11 Å². The Hall–Kier alpha value is -0.300. The van der Waals surface area contributed by atoms with Crippen molar-refractivity contribution in [1.29, 1.82) is 0 Å². The van der Waals surface area contributed by atoms with Crippen LogP contribution in [0.15, 0.2) is 12.7 Å². The predicted octanol–water partition coefficient (Wildman–Crippen LogP) is 4.31. The van der Waals surface area contributed by atoms with Crippen molar-refractivity contribution in [3.63, 3.8) is 0 Å². The van der Waals surface area contributed by atoms with E-state index in [1.54, 1.807) is 0 Å². The summed E-state index contributed by atoms with van der Waals surface area (Å²) < 4.78 is 0. The highest BCUT2D eigenvalue weighted by Crippen LogP contribution is 2.25. The van der Waals surface area contributed by atoms with Crippen LogP contribution in [0.5, 0.6) is 0 Å². The Morgan fingerprint density at radius 3 is 2.20 bits per heavy atom. The molecule has 0 bridgehead atoms. The lowest BCUT2D eigenvalue weighted by Gasteiger charge is -2.26. The van der Waals surface area contributed by atoms with Gasteiger partial charge in [-0.25, -0.2) is 0 Å². The van der Waals surface area contributed by atoms with Crippen LogP contribution in [0.4, 0.5) is 0 Å². The van der Waals surface area contributed by atoms with Crippen molar-refractivity contribution in [2.75, 3.05) is 0 Å². The van der Waals surface area contributed by atoms with Crippen LogP contribution < -0.4 is 0 Å². The summed E-state index contributed by atoms with van der Waals surface area (Å²) in [4.78, 5) is 0. The normalized spacial score (nSPS) is 13.9. The van der Waals surface area contributed by atoms with Crippen LogP contribution >= 0.6 is 0 Å². The van der Waals surface area contributed by atoms with Gasteiger partial charge >= 0.3 is 0 Å². The van der Waals surface area contributed by atoms with E-state index in [9.17, 15) is 5.11 Å². The summed E-state index contributed by atoms with van der Waals surface area (Å²) in [5, 5.41) is 9.91. The average Bonchev–Trinajstić information content (AvgIpc) is 2.22. The minimum absolute atomic E-state index is 0.135. The van der Waals surface area contributed by atoms with Gasteiger partial charge in [0, 0.05) is 5.41 Å². The maximum Gasteiger partial charge on any atom is 0.0625 e. The topological polar surface area (TPSA) is 20.2 Å². The number of rotatable bonds is 9. The van der Waals surface area contributed by atoms with Gasteiger partial charge in [0.05, 0.1) is 6.10 Å². The molecule has 0 saturated carbocycles. The smallest absolute Gasteiger partial charge is 0.0625 e. The van der Waals surface area contributed by atoms with E-state index in [0.29, 0.717) is 0 Å². The predicted molar refractivity (Wildman–Crippen MR) is 68.0 cm³/mol. The summed E-state index contributed by atoms with van der Waals surface area (Å²) in [5.74, 6) is 0. The molecule has 15 heavy (non-hydrogen) atoms. The van der Waals surface area contributed by atoms with Crippen molar-refractivity contribution in [1.82, 2.24) is 0 Å². The Kier molecular flexibility index (Phi) is 7.76. The molecule has 0 aromatic heterocycles. The van der Waals surface area contributed by atoms with Gasteiger partial charge in [0.15, 0.2) is 0 Å². The summed E-state index contributed by atoms with van der Waals surface area (Å²) in [5.41, 5.74) is -0.135. The van der Waals surface area contributed by atoms with Crippen LogP contribution in [0.1, 0.15) is 65.7 Å². The molecule has 1 heteroatoms. The zero-order valence-corrected chi connectivity index (χ0v) is 10.8. The third-order valence-corrected chi connectivity index (χ3v) is 3.22. The molecule has 90 valence electrons. The molecule has 0 heterocycles. The highest BCUT2D eigenvalue weighted by atomic mass is 16.3. The molecule has 0 aliphatic carbocycles. The van der Waals surface area contributed by atoms with Gasteiger partial charge in [0.1, 0.15) is 0 Å². The SMILES string of the molecule is C=CC(C)(C)C(O)CCCCCCCC. The van der Waals surface area contributed by atoms with E-state index in [1.165, 1.54) is 32.1 Å². The molecule has 0 aromatic rings. The molecule has 0 saturated heterocycles. The first kappa shape index (κ1) is 14.7. The molecule has 0 amide bonds. The van der Waals surface area contributed by atoms with Crippen LogP contribution in [0.3, 0.4) is 0 Å². The Labute approximate surface area is 95.6 Å². The third kappa shape index (κ3) is 6.72. The molecule has 1 atom stereocenters. The van der Waals surface area contributed by atoms with E-state index in [-0.39, 0.29) is 11.5 Å². The zero-order valence-electron chi connectivity index (χ0n) is 10.8. The molecule has 0 aliphatic heterocycles. The van der Waals surface area contributed by atoms with E-state index in [0.717, 1.165) is 12.8 Å². The molecular formula is C14H28O. The van der Waals surface area contributed by atoms with E-state index in [1.807, 2.05) is 19.9 Å². The number of hydrogen-bond donors (Lipinski definition) is 1. The van der Waals surface area contributed by atoms with Gasteiger partial charge in [0.2, 0.25) is 0 Å². The van der Waals surface area contributed by atoms with E-state index >= 15 is 0 Å². The van der Waals surface area contributed by atoms with E-state index in [2.05, 4.69) is 13.5 Å². The Bertz CT molecular complexity index is 161. The Balaban J connectivity index is 3.47. The number of aliphatic hydroxyl groups excluding tert-OH is 1. The van der Waals surface area contributed by atoms with Crippen LogP contribution in [0, 0.1) is 5.41 Å². The van der Waals surface area contributed by atoms with Gasteiger partial charge in [-0.3, -0.25) is 0 Å². The highest BCUT2D eigenvalue weighted by Gasteiger charge is 2.23. The largest absolute Gasteiger partial charge is 0.392 e. The van der Waals surface area contributed by atoms with Crippen molar-refractivity contribution in [3.8, 4) is 0 Å². The summed E-state index contributed by atoms with van der Waals surface area (Å²) in [6, 6.07) is 0. The minimum atomic E-state index is -0.235. The number of hydrogen-bond acceptors (Lipinski definition) is 1. The number of aliphatic hydroxyl groups is 1. The summed E-state index contributed by atoms with van der Waals surface area (Å²) in [6.07, 6.45) is 10.2. The second-order valence-corrected chi connectivity index (χ2v) is 5.10. The highest BCUT2D eigenvalue weighted by molar-refractivity contribution is 4.92. The molecule has 1 N–H and O–H groups in total. The third-order valence-electron chi connectivity index (χ3n) is 3.22. The Morgan fingerprint density at radius 1 is 1.13 bits per heavy atom. The van der Waals surface area contributed by atoms with Crippen LogP contribution in [0.2, 0.25) is 0 Å². The van der Waals surface area contributed by atoms with Gasteiger partial charge in [-0.1, -0.05) is 65.4 Å². The fraction of sp³-hybridized carbons (Fsp3) is 0.857. The van der Waals surface area contributed by atoms with Crippen molar-refractivity contribution in [2.45, 2.75) is 71.8 Å². The second-order valence-electron chi connectivity index (χ2n) is 5.10. The lowest BCUT2D eigenvalue weighted by Crippen LogP contribution is -2.26. The molecule has 0 fully saturated rings. The van der Waals surface area contributed by atoms with Gasteiger partial charge in [-0.15, -0.1) is 6.58 Å². The first-order valence-electron chi connectivity index (χ1n) is 6.36. The maximum atomic E-state index is 9.91. The molecule has 0 aliphatic rings. The molecule has 0 radical (unpaired) electrons. The molecular weight excluding hydrogens is 184 g/mol. The average molecular weight is 212 g/mol. The van der Waals surface area contributed by atoms with Crippen LogP contribution in [0.25, 0.3) is 0 Å².